The van der Waals surface area contributed by atoms with Gasteiger partial charge in [-0.3, -0.25) is 9.59 Å². The van der Waals surface area contributed by atoms with E-state index in [1.54, 1.807) is 35.6 Å². The van der Waals surface area contributed by atoms with Crippen molar-refractivity contribution < 1.29 is 9.59 Å². The number of hydrazone groups is 1. The minimum absolute atomic E-state index is 0.0541. The third kappa shape index (κ3) is 4.04. The minimum Gasteiger partial charge on any atom is -0.326 e. The summed E-state index contributed by atoms with van der Waals surface area (Å²) in [6, 6.07) is 10.7. The number of thiophene rings is 1. The Morgan fingerprint density at radius 1 is 1.17 bits per heavy atom. The van der Waals surface area contributed by atoms with Crippen molar-refractivity contribution in [3.05, 3.63) is 52.2 Å². The first-order chi connectivity index (χ1) is 11.1. The zero-order valence-electron chi connectivity index (χ0n) is 12.7. The average Bonchev–Trinajstić information content (AvgIpc) is 3.28. The van der Waals surface area contributed by atoms with E-state index in [1.807, 2.05) is 24.4 Å². The molecule has 2 N–H and O–H groups in total. The number of carbonyl (C=O) groups is 2. The Hall–Kier alpha value is -2.47. The second-order valence-electron chi connectivity index (χ2n) is 5.46. The largest absolute Gasteiger partial charge is 0.326 e. The first-order valence-corrected chi connectivity index (χ1v) is 8.31. The number of nitrogens with zero attached hydrogens (tertiary/aromatic N) is 1. The standard InChI is InChI=1S/C17H17N3O2S/c1-11(15-3-2-10-23-15)19-20-17(22)13-6-8-14(9-7-13)18-16(21)12-4-5-12/h2-3,6-10,12H,4-5H2,1H3,(H,18,21)(H,20,22). The fourth-order valence-electron chi connectivity index (χ4n) is 2.03. The molecule has 1 fully saturated rings. The normalized spacial score (nSPS) is 14.4. The van der Waals surface area contributed by atoms with Crippen molar-refractivity contribution in [3.8, 4) is 0 Å². The van der Waals surface area contributed by atoms with Gasteiger partial charge in [-0.25, -0.2) is 5.43 Å². The first-order valence-electron chi connectivity index (χ1n) is 7.43. The van der Waals surface area contributed by atoms with E-state index in [9.17, 15) is 9.59 Å². The zero-order valence-corrected chi connectivity index (χ0v) is 13.5. The van der Waals surface area contributed by atoms with Crippen LogP contribution >= 0.6 is 11.3 Å². The lowest BCUT2D eigenvalue weighted by Crippen LogP contribution is -2.19. The molecule has 1 aliphatic carbocycles. The van der Waals surface area contributed by atoms with Crippen molar-refractivity contribution in [2.24, 2.45) is 11.0 Å². The van der Waals surface area contributed by atoms with E-state index < -0.39 is 0 Å². The van der Waals surface area contributed by atoms with Gasteiger partial charge in [-0.2, -0.15) is 5.10 Å². The van der Waals surface area contributed by atoms with Gasteiger partial charge in [-0.15, -0.1) is 11.3 Å². The second-order valence-corrected chi connectivity index (χ2v) is 6.40. The maximum Gasteiger partial charge on any atom is 0.271 e. The summed E-state index contributed by atoms with van der Waals surface area (Å²) < 4.78 is 0. The molecule has 0 radical (unpaired) electrons. The lowest BCUT2D eigenvalue weighted by atomic mass is 10.2. The molecule has 1 aromatic carbocycles. The van der Waals surface area contributed by atoms with Crippen LogP contribution in [-0.2, 0) is 4.79 Å². The Labute approximate surface area is 138 Å². The molecule has 2 amide bonds. The zero-order chi connectivity index (χ0) is 16.2. The van der Waals surface area contributed by atoms with Crippen LogP contribution in [0, 0.1) is 5.92 Å². The summed E-state index contributed by atoms with van der Waals surface area (Å²) in [5.41, 5.74) is 4.51. The highest BCUT2D eigenvalue weighted by Gasteiger charge is 2.29. The smallest absolute Gasteiger partial charge is 0.271 e. The summed E-state index contributed by atoms with van der Waals surface area (Å²) in [6.07, 6.45) is 1.93. The SMILES string of the molecule is CC(=NNC(=O)c1ccc(NC(=O)C2CC2)cc1)c1cccs1. The molecule has 0 spiro atoms. The van der Waals surface area contributed by atoms with Crippen LogP contribution in [0.15, 0.2) is 46.9 Å². The summed E-state index contributed by atoms with van der Waals surface area (Å²) in [6.45, 7) is 1.85. The van der Waals surface area contributed by atoms with Crippen molar-refractivity contribution in [3.63, 3.8) is 0 Å². The third-order valence-electron chi connectivity index (χ3n) is 3.57. The summed E-state index contributed by atoms with van der Waals surface area (Å²) in [4.78, 5) is 24.8. The quantitative estimate of drug-likeness (QED) is 0.654. The Balaban J connectivity index is 1.59. The molecule has 1 aromatic heterocycles. The Bertz CT molecular complexity index is 732. The number of amides is 2. The topological polar surface area (TPSA) is 70.6 Å². The Morgan fingerprint density at radius 2 is 1.91 bits per heavy atom. The highest BCUT2D eigenvalue weighted by atomic mass is 32.1. The van der Waals surface area contributed by atoms with E-state index >= 15 is 0 Å². The van der Waals surface area contributed by atoms with Gasteiger partial charge in [-0.05, 0) is 55.5 Å². The number of hydrogen-bond donors (Lipinski definition) is 2. The molecule has 0 atom stereocenters. The number of nitrogens with one attached hydrogen (secondary N) is 2. The number of rotatable bonds is 5. The van der Waals surface area contributed by atoms with Crippen LogP contribution in [0.2, 0.25) is 0 Å². The van der Waals surface area contributed by atoms with E-state index in [0.29, 0.717) is 11.3 Å². The Kier molecular flexibility index (Phi) is 4.52. The highest BCUT2D eigenvalue weighted by molar-refractivity contribution is 7.12. The van der Waals surface area contributed by atoms with Crippen molar-refractivity contribution >= 4 is 34.6 Å². The van der Waals surface area contributed by atoms with E-state index in [1.165, 1.54) is 0 Å². The van der Waals surface area contributed by atoms with Crippen LogP contribution in [0.3, 0.4) is 0 Å². The summed E-state index contributed by atoms with van der Waals surface area (Å²) in [5.74, 6) is -0.0631. The number of carbonyl (C=O) groups excluding carboxylic acids is 2. The molecule has 1 heterocycles. The van der Waals surface area contributed by atoms with Gasteiger partial charge in [0.25, 0.3) is 5.91 Å². The molecule has 1 saturated carbocycles. The molecule has 0 bridgehead atoms. The monoisotopic (exact) mass is 327 g/mol. The predicted molar refractivity (Wildman–Crippen MR) is 91.8 cm³/mol. The van der Waals surface area contributed by atoms with Crippen molar-refractivity contribution in [1.82, 2.24) is 5.43 Å². The molecule has 0 saturated heterocycles. The molecular formula is C17H17N3O2S. The maximum absolute atomic E-state index is 12.1. The fourth-order valence-corrected chi connectivity index (χ4v) is 2.71. The number of anilines is 1. The molecule has 2 aromatic rings. The van der Waals surface area contributed by atoms with Gasteiger partial charge in [0.2, 0.25) is 5.91 Å². The molecule has 1 aliphatic rings. The van der Waals surface area contributed by atoms with E-state index in [-0.39, 0.29) is 17.7 Å². The predicted octanol–water partition coefficient (Wildman–Crippen LogP) is 3.25. The van der Waals surface area contributed by atoms with Gasteiger partial charge in [-0.1, -0.05) is 6.07 Å². The number of benzene rings is 1. The van der Waals surface area contributed by atoms with Crippen LogP contribution in [0.25, 0.3) is 0 Å². The third-order valence-corrected chi connectivity index (χ3v) is 4.54. The van der Waals surface area contributed by atoms with Crippen molar-refractivity contribution in [1.29, 1.82) is 0 Å². The summed E-state index contributed by atoms with van der Waals surface area (Å²) in [7, 11) is 0. The van der Waals surface area contributed by atoms with Crippen molar-refractivity contribution in [2.45, 2.75) is 19.8 Å². The average molecular weight is 327 g/mol. The molecule has 23 heavy (non-hydrogen) atoms. The van der Waals surface area contributed by atoms with Gasteiger partial charge >= 0.3 is 0 Å². The van der Waals surface area contributed by atoms with Gasteiger partial charge in [0.15, 0.2) is 0 Å². The van der Waals surface area contributed by atoms with E-state index in [2.05, 4.69) is 15.8 Å². The number of hydrogen-bond acceptors (Lipinski definition) is 4. The second kappa shape index (κ2) is 6.75. The van der Waals surface area contributed by atoms with Gasteiger partial charge < -0.3 is 5.32 Å². The maximum atomic E-state index is 12.1. The lowest BCUT2D eigenvalue weighted by molar-refractivity contribution is -0.117. The van der Waals surface area contributed by atoms with Crippen LogP contribution in [0.4, 0.5) is 5.69 Å². The lowest BCUT2D eigenvalue weighted by Gasteiger charge is -2.05. The first kappa shape index (κ1) is 15.4. The van der Waals surface area contributed by atoms with Gasteiger partial charge in [0, 0.05) is 22.0 Å². The van der Waals surface area contributed by atoms with E-state index in [0.717, 1.165) is 23.4 Å². The molecule has 5 nitrogen and oxygen atoms in total. The highest BCUT2D eigenvalue weighted by Crippen LogP contribution is 2.30. The van der Waals surface area contributed by atoms with E-state index in [4.69, 9.17) is 0 Å². The fraction of sp³-hybridized carbons (Fsp3) is 0.235. The van der Waals surface area contributed by atoms with Crippen LogP contribution < -0.4 is 10.7 Å². The van der Waals surface area contributed by atoms with Crippen molar-refractivity contribution in [2.75, 3.05) is 5.32 Å². The van der Waals surface area contributed by atoms with Gasteiger partial charge in [0.05, 0.1) is 5.71 Å². The van der Waals surface area contributed by atoms with Crippen LogP contribution in [0.1, 0.15) is 35.0 Å². The van der Waals surface area contributed by atoms with Crippen LogP contribution in [0.5, 0.6) is 0 Å². The Morgan fingerprint density at radius 3 is 2.52 bits per heavy atom. The van der Waals surface area contributed by atoms with Gasteiger partial charge in [0.1, 0.15) is 0 Å². The molecule has 3 rings (SSSR count). The molecule has 0 unspecified atom stereocenters. The molecule has 6 heteroatoms. The molecule has 118 valence electrons. The molecular weight excluding hydrogens is 310 g/mol. The molecule has 0 aliphatic heterocycles. The summed E-state index contributed by atoms with van der Waals surface area (Å²) >= 11 is 1.57. The minimum atomic E-state index is -0.277. The summed E-state index contributed by atoms with van der Waals surface area (Å²) in [5, 5.41) is 8.91. The van der Waals surface area contributed by atoms with Crippen LogP contribution in [-0.4, -0.2) is 17.5 Å².